The van der Waals surface area contributed by atoms with Crippen LogP contribution in [0.4, 0.5) is 4.39 Å². The Hall–Kier alpha value is -2.85. The summed E-state index contributed by atoms with van der Waals surface area (Å²) in [4.78, 5) is 11.4. The van der Waals surface area contributed by atoms with E-state index in [0.29, 0.717) is 23.1 Å². The van der Waals surface area contributed by atoms with Crippen molar-refractivity contribution in [3.05, 3.63) is 88.2 Å². The molecule has 0 aromatic heterocycles. The van der Waals surface area contributed by atoms with E-state index in [1.165, 1.54) is 30.3 Å². The van der Waals surface area contributed by atoms with Gasteiger partial charge in [-0.2, -0.15) is 0 Å². The van der Waals surface area contributed by atoms with Crippen molar-refractivity contribution in [2.45, 2.75) is 6.42 Å². The highest BCUT2D eigenvalue weighted by atomic mass is 35.5. The first-order chi connectivity index (χ1) is 12.0. The first-order valence-corrected chi connectivity index (χ1v) is 7.92. The molecule has 5 heteroatoms. The average Bonchev–Trinajstić information content (AvgIpc) is 2.56. The summed E-state index contributed by atoms with van der Waals surface area (Å²) in [5, 5.41) is 19.5. The lowest BCUT2D eigenvalue weighted by Crippen LogP contribution is -2.01. The minimum Gasteiger partial charge on any atom is -0.507 e. The summed E-state index contributed by atoms with van der Waals surface area (Å²) in [5.41, 5.74) is 2.51. The first-order valence-electron chi connectivity index (χ1n) is 7.54. The van der Waals surface area contributed by atoms with Crippen molar-refractivity contribution in [2.75, 3.05) is 0 Å². The van der Waals surface area contributed by atoms with Gasteiger partial charge in [0.15, 0.2) is 0 Å². The number of aromatic carboxylic acids is 1. The van der Waals surface area contributed by atoms with Crippen molar-refractivity contribution in [1.29, 1.82) is 0 Å². The van der Waals surface area contributed by atoms with Crippen molar-refractivity contribution in [3.63, 3.8) is 0 Å². The molecule has 3 rings (SSSR count). The topological polar surface area (TPSA) is 57.5 Å². The lowest BCUT2D eigenvalue weighted by molar-refractivity contribution is 0.0694. The SMILES string of the molecule is O=C(O)c1cc(-c2ccc(F)cc2Cl)c(Cc2ccccc2)cc1O. The highest BCUT2D eigenvalue weighted by Gasteiger charge is 2.17. The van der Waals surface area contributed by atoms with Crippen LogP contribution in [0.3, 0.4) is 0 Å². The van der Waals surface area contributed by atoms with Crippen LogP contribution in [0.25, 0.3) is 11.1 Å². The molecule has 0 radical (unpaired) electrons. The summed E-state index contributed by atoms with van der Waals surface area (Å²) in [5.74, 6) is -2.04. The van der Waals surface area contributed by atoms with Crippen LogP contribution in [-0.4, -0.2) is 16.2 Å². The molecule has 0 bridgehead atoms. The fourth-order valence-corrected chi connectivity index (χ4v) is 2.99. The minimum absolute atomic E-state index is 0.177. The third kappa shape index (κ3) is 3.64. The summed E-state index contributed by atoms with van der Waals surface area (Å²) >= 11 is 6.16. The molecule has 25 heavy (non-hydrogen) atoms. The zero-order valence-corrected chi connectivity index (χ0v) is 13.8. The smallest absolute Gasteiger partial charge is 0.339 e. The molecule has 3 aromatic rings. The Labute approximate surface area is 148 Å². The first kappa shape index (κ1) is 17.0. The molecule has 0 atom stereocenters. The lowest BCUT2D eigenvalue weighted by Gasteiger charge is -2.14. The maximum absolute atomic E-state index is 13.4. The van der Waals surface area contributed by atoms with Gasteiger partial charge in [0.05, 0.1) is 5.02 Å². The number of benzene rings is 3. The molecular weight excluding hydrogens is 343 g/mol. The van der Waals surface area contributed by atoms with Crippen LogP contribution < -0.4 is 0 Å². The molecule has 0 spiro atoms. The number of hydrogen-bond donors (Lipinski definition) is 2. The highest BCUT2D eigenvalue weighted by Crippen LogP contribution is 2.36. The summed E-state index contributed by atoms with van der Waals surface area (Å²) in [6.45, 7) is 0. The number of carboxylic acids is 1. The molecule has 0 fully saturated rings. The molecule has 0 aliphatic heterocycles. The Bertz CT molecular complexity index is 939. The monoisotopic (exact) mass is 356 g/mol. The van der Waals surface area contributed by atoms with Crippen LogP contribution in [0, 0.1) is 5.82 Å². The summed E-state index contributed by atoms with van der Waals surface area (Å²) in [6, 6.07) is 16.3. The van der Waals surface area contributed by atoms with Crippen LogP contribution in [-0.2, 0) is 6.42 Å². The highest BCUT2D eigenvalue weighted by molar-refractivity contribution is 6.33. The molecule has 2 N–H and O–H groups in total. The fourth-order valence-electron chi connectivity index (χ4n) is 2.72. The Kier molecular flexibility index (Phi) is 4.72. The van der Waals surface area contributed by atoms with Gasteiger partial charge in [-0.25, -0.2) is 9.18 Å². The minimum atomic E-state index is -1.25. The van der Waals surface area contributed by atoms with E-state index in [1.807, 2.05) is 30.3 Å². The predicted molar refractivity (Wildman–Crippen MR) is 94.7 cm³/mol. The number of rotatable bonds is 4. The van der Waals surface area contributed by atoms with E-state index >= 15 is 0 Å². The Balaban J connectivity index is 2.19. The molecule has 0 saturated heterocycles. The second kappa shape index (κ2) is 6.95. The second-order valence-corrected chi connectivity index (χ2v) is 6.03. The number of phenols is 1. The molecular formula is C20H14ClFO3. The Morgan fingerprint density at radius 1 is 1.00 bits per heavy atom. The van der Waals surface area contributed by atoms with Gasteiger partial charge in [-0.15, -0.1) is 0 Å². The van der Waals surface area contributed by atoms with E-state index in [4.69, 9.17) is 11.6 Å². The maximum atomic E-state index is 13.4. The lowest BCUT2D eigenvalue weighted by atomic mass is 9.92. The average molecular weight is 357 g/mol. The van der Waals surface area contributed by atoms with E-state index in [9.17, 15) is 19.4 Å². The predicted octanol–water partition coefficient (Wildman–Crippen LogP) is 5.14. The van der Waals surface area contributed by atoms with Gasteiger partial charge >= 0.3 is 5.97 Å². The molecule has 0 amide bonds. The van der Waals surface area contributed by atoms with Crippen LogP contribution in [0.15, 0.2) is 60.7 Å². The van der Waals surface area contributed by atoms with E-state index < -0.39 is 11.8 Å². The normalized spacial score (nSPS) is 10.6. The number of aromatic hydroxyl groups is 1. The van der Waals surface area contributed by atoms with Crippen LogP contribution in [0.5, 0.6) is 5.75 Å². The summed E-state index contributed by atoms with van der Waals surface area (Å²) in [7, 11) is 0. The van der Waals surface area contributed by atoms with E-state index in [0.717, 1.165) is 5.56 Å². The quantitative estimate of drug-likeness (QED) is 0.680. The van der Waals surface area contributed by atoms with Gasteiger partial charge in [0, 0.05) is 5.56 Å². The number of halogens is 2. The third-order valence-corrected chi connectivity index (χ3v) is 4.22. The van der Waals surface area contributed by atoms with Gasteiger partial charge in [0.2, 0.25) is 0 Å². The molecule has 0 saturated carbocycles. The molecule has 0 aliphatic carbocycles. The van der Waals surface area contributed by atoms with E-state index in [1.54, 1.807) is 0 Å². The summed E-state index contributed by atoms with van der Waals surface area (Å²) in [6.07, 6.45) is 0.470. The van der Waals surface area contributed by atoms with E-state index in [-0.39, 0.29) is 16.3 Å². The largest absolute Gasteiger partial charge is 0.507 e. The standard InChI is InChI=1S/C20H14ClFO3/c21-18-10-14(22)6-7-15(18)16-11-17(20(24)25)19(23)9-13(16)8-12-4-2-1-3-5-12/h1-7,9-11,23H,8H2,(H,24,25). The Morgan fingerprint density at radius 3 is 2.36 bits per heavy atom. The van der Waals surface area contributed by atoms with E-state index in [2.05, 4.69) is 0 Å². The van der Waals surface area contributed by atoms with Crippen LogP contribution >= 0.6 is 11.6 Å². The maximum Gasteiger partial charge on any atom is 0.339 e. The van der Waals surface area contributed by atoms with Crippen molar-refractivity contribution >= 4 is 17.6 Å². The van der Waals surface area contributed by atoms with Gasteiger partial charge in [-0.3, -0.25) is 0 Å². The van der Waals surface area contributed by atoms with Gasteiger partial charge in [-0.05, 0) is 53.4 Å². The van der Waals surface area contributed by atoms with Crippen LogP contribution in [0.2, 0.25) is 5.02 Å². The van der Waals surface area contributed by atoms with Crippen molar-refractivity contribution in [1.82, 2.24) is 0 Å². The number of carbonyl (C=O) groups is 1. The fraction of sp³-hybridized carbons (Fsp3) is 0.0500. The van der Waals surface area contributed by atoms with Crippen molar-refractivity contribution in [3.8, 4) is 16.9 Å². The van der Waals surface area contributed by atoms with Gasteiger partial charge in [-0.1, -0.05) is 41.9 Å². The third-order valence-electron chi connectivity index (χ3n) is 3.91. The van der Waals surface area contributed by atoms with Gasteiger partial charge in [0.25, 0.3) is 0 Å². The van der Waals surface area contributed by atoms with Crippen LogP contribution in [0.1, 0.15) is 21.5 Å². The summed E-state index contributed by atoms with van der Waals surface area (Å²) < 4.78 is 13.4. The number of hydrogen-bond acceptors (Lipinski definition) is 2. The molecule has 3 aromatic carbocycles. The zero-order valence-electron chi connectivity index (χ0n) is 13.0. The Morgan fingerprint density at radius 2 is 1.72 bits per heavy atom. The molecule has 0 heterocycles. The van der Waals surface area contributed by atoms with Gasteiger partial charge in [0.1, 0.15) is 17.1 Å². The molecule has 0 aliphatic rings. The van der Waals surface area contributed by atoms with Gasteiger partial charge < -0.3 is 10.2 Å². The molecule has 3 nitrogen and oxygen atoms in total. The van der Waals surface area contributed by atoms with Crippen molar-refractivity contribution < 1.29 is 19.4 Å². The zero-order chi connectivity index (χ0) is 18.0. The number of carboxylic acid groups (broad SMARTS) is 1. The molecule has 126 valence electrons. The molecule has 0 unspecified atom stereocenters. The second-order valence-electron chi connectivity index (χ2n) is 5.62. The van der Waals surface area contributed by atoms with Crippen molar-refractivity contribution in [2.24, 2.45) is 0 Å².